The number of alkyl halides is 3. The number of thioether (sulfide) groups is 1. The van der Waals surface area contributed by atoms with Gasteiger partial charge in [0.25, 0.3) is 0 Å². The third-order valence-electron chi connectivity index (χ3n) is 7.78. The molecule has 1 N–H and O–H groups in total. The number of amides is 1. The van der Waals surface area contributed by atoms with Gasteiger partial charge in [0.1, 0.15) is 0 Å². The van der Waals surface area contributed by atoms with Gasteiger partial charge in [-0.05, 0) is 97.9 Å². The van der Waals surface area contributed by atoms with Gasteiger partial charge in [-0.1, -0.05) is 32.9 Å². The van der Waals surface area contributed by atoms with E-state index >= 15 is 0 Å². The van der Waals surface area contributed by atoms with Crippen molar-refractivity contribution in [3.8, 4) is 0 Å². The number of halogens is 3. The molecule has 1 atom stereocenters. The number of carbonyl (C=O) groups excluding carboxylic acids is 1. The van der Waals surface area contributed by atoms with Crippen LogP contribution in [0.1, 0.15) is 58.4 Å². The van der Waals surface area contributed by atoms with Gasteiger partial charge in [-0.3, -0.25) is 4.79 Å². The smallest absolute Gasteiger partial charge is 0.381 e. The van der Waals surface area contributed by atoms with E-state index in [1.165, 1.54) is 23.4 Å². The van der Waals surface area contributed by atoms with Crippen molar-refractivity contribution in [3.63, 3.8) is 0 Å². The highest BCUT2D eigenvalue weighted by molar-refractivity contribution is 8.00. The van der Waals surface area contributed by atoms with E-state index in [1.807, 2.05) is 4.90 Å². The lowest BCUT2D eigenvalue weighted by atomic mass is 9.87. The van der Waals surface area contributed by atoms with Crippen LogP contribution in [0.5, 0.6) is 0 Å². The molecule has 2 aliphatic heterocycles. The van der Waals surface area contributed by atoms with Crippen LogP contribution in [0.3, 0.4) is 0 Å². The maximum Gasteiger partial charge on any atom is 0.446 e. The van der Waals surface area contributed by atoms with E-state index in [0.29, 0.717) is 13.0 Å². The highest BCUT2D eigenvalue weighted by atomic mass is 32.2. The number of hydrogen-bond acceptors (Lipinski definition) is 5. The molecule has 0 aromatic heterocycles. The predicted octanol–water partition coefficient (Wildman–Crippen LogP) is 6.99. The van der Waals surface area contributed by atoms with Gasteiger partial charge in [-0.15, -0.1) is 0 Å². The molecule has 0 unspecified atom stereocenters. The molecule has 220 valence electrons. The van der Waals surface area contributed by atoms with E-state index in [0.717, 1.165) is 70.6 Å². The van der Waals surface area contributed by atoms with Gasteiger partial charge in [0.05, 0.1) is 0 Å². The molecule has 0 bridgehead atoms. The molecule has 2 fully saturated rings. The Kier molecular flexibility index (Phi) is 10.3. The fraction of sp³-hybridized carbons (Fsp3) is 0.581. The van der Waals surface area contributed by atoms with Crippen LogP contribution in [0.2, 0.25) is 0 Å². The van der Waals surface area contributed by atoms with E-state index in [4.69, 9.17) is 0 Å². The highest BCUT2D eigenvalue weighted by Gasteiger charge is 2.29. The van der Waals surface area contributed by atoms with Gasteiger partial charge < -0.3 is 20.0 Å². The Morgan fingerprint density at radius 2 is 1.65 bits per heavy atom. The lowest BCUT2D eigenvalue weighted by Crippen LogP contribution is -2.45. The summed E-state index contributed by atoms with van der Waals surface area (Å²) in [6, 6.07) is 15.4. The first-order valence-corrected chi connectivity index (χ1v) is 15.3. The second-order valence-corrected chi connectivity index (χ2v) is 13.1. The summed E-state index contributed by atoms with van der Waals surface area (Å²) in [5, 5.41) is 3.40. The van der Waals surface area contributed by atoms with Crippen LogP contribution in [0, 0.1) is 0 Å². The SMILES string of the molecule is CC(C)(C)c1ccc(N2CCCN(CCCC(=O)N3CCC[C@H](Nc4ccc(SC(F)(F)F)cc4)C3)CC2)cc1. The summed E-state index contributed by atoms with van der Waals surface area (Å²) in [5.41, 5.74) is -0.705. The number of piperidine rings is 1. The van der Waals surface area contributed by atoms with Crippen LogP contribution >= 0.6 is 11.8 Å². The zero-order valence-corrected chi connectivity index (χ0v) is 24.8. The third kappa shape index (κ3) is 9.33. The number of likely N-dealkylation sites (tertiary alicyclic amines) is 1. The number of nitrogens with one attached hydrogen (secondary N) is 1. The molecule has 2 aromatic rings. The van der Waals surface area contributed by atoms with E-state index in [-0.39, 0.29) is 34.0 Å². The summed E-state index contributed by atoms with van der Waals surface area (Å²) in [7, 11) is 0. The first-order valence-electron chi connectivity index (χ1n) is 14.4. The Labute approximate surface area is 241 Å². The van der Waals surface area contributed by atoms with Crippen LogP contribution in [0.25, 0.3) is 0 Å². The minimum atomic E-state index is -4.29. The molecule has 2 aromatic carbocycles. The Balaban J connectivity index is 1.18. The lowest BCUT2D eigenvalue weighted by molar-refractivity contribution is -0.132. The topological polar surface area (TPSA) is 38.8 Å². The molecular formula is C31H43F3N4OS. The van der Waals surface area contributed by atoms with Gasteiger partial charge in [0.15, 0.2) is 0 Å². The summed E-state index contributed by atoms with van der Waals surface area (Å²) >= 11 is -0.108. The number of benzene rings is 2. The molecule has 0 spiro atoms. The van der Waals surface area contributed by atoms with Gasteiger partial charge in [0, 0.05) is 61.5 Å². The highest BCUT2D eigenvalue weighted by Crippen LogP contribution is 2.37. The zero-order chi connectivity index (χ0) is 28.8. The molecule has 0 aliphatic carbocycles. The molecule has 1 amide bonds. The molecule has 4 rings (SSSR count). The summed E-state index contributed by atoms with van der Waals surface area (Å²) in [6.45, 7) is 13.2. The summed E-state index contributed by atoms with van der Waals surface area (Å²) in [4.78, 5) is 20.1. The van der Waals surface area contributed by atoms with Crippen molar-refractivity contribution in [2.45, 2.75) is 74.7 Å². The minimum absolute atomic E-state index is 0.105. The van der Waals surface area contributed by atoms with Crippen molar-refractivity contribution in [1.82, 2.24) is 9.80 Å². The predicted molar refractivity (Wildman–Crippen MR) is 159 cm³/mol. The monoisotopic (exact) mass is 576 g/mol. The van der Waals surface area contributed by atoms with Crippen LogP contribution < -0.4 is 10.2 Å². The summed E-state index contributed by atoms with van der Waals surface area (Å²) in [5.74, 6) is 0.193. The fourth-order valence-corrected chi connectivity index (χ4v) is 6.09. The Morgan fingerprint density at radius 3 is 2.33 bits per heavy atom. The normalized spacial score (nSPS) is 19.4. The zero-order valence-electron chi connectivity index (χ0n) is 24.0. The molecule has 2 saturated heterocycles. The molecule has 2 heterocycles. The lowest BCUT2D eigenvalue weighted by Gasteiger charge is -2.34. The first kappa shape index (κ1) is 30.6. The maximum absolute atomic E-state index is 13.0. The minimum Gasteiger partial charge on any atom is -0.381 e. The van der Waals surface area contributed by atoms with Crippen molar-refractivity contribution >= 4 is 29.0 Å². The fourth-order valence-electron chi connectivity index (χ4n) is 5.55. The van der Waals surface area contributed by atoms with E-state index in [9.17, 15) is 18.0 Å². The maximum atomic E-state index is 13.0. The van der Waals surface area contributed by atoms with Gasteiger partial charge in [0.2, 0.25) is 5.91 Å². The Morgan fingerprint density at radius 1 is 0.925 bits per heavy atom. The molecular weight excluding hydrogens is 533 g/mol. The van der Waals surface area contributed by atoms with Crippen molar-refractivity contribution < 1.29 is 18.0 Å². The molecule has 40 heavy (non-hydrogen) atoms. The van der Waals surface area contributed by atoms with Crippen molar-refractivity contribution in [2.24, 2.45) is 0 Å². The largest absolute Gasteiger partial charge is 0.446 e. The van der Waals surface area contributed by atoms with Crippen LogP contribution in [0.15, 0.2) is 53.4 Å². The Bertz CT molecular complexity index is 1090. The van der Waals surface area contributed by atoms with Crippen molar-refractivity contribution in [1.29, 1.82) is 0 Å². The van der Waals surface area contributed by atoms with Gasteiger partial charge >= 0.3 is 5.51 Å². The second-order valence-electron chi connectivity index (χ2n) is 12.0. The summed E-state index contributed by atoms with van der Waals surface area (Å²) in [6.07, 6.45) is 4.37. The molecule has 2 aliphatic rings. The quantitative estimate of drug-likeness (QED) is 0.343. The van der Waals surface area contributed by atoms with Crippen LogP contribution in [-0.4, -0.2) is 73.1 Å². The second kappa shape index (κ2) is 13.5. The van der Waals surface area contributed by atoms with Crippen LogP contribution in [-0.2, 0) is 10.2 Å². The third-order valence-corrected chi connectivity index (χ3v) is 8.52. The number of carbonyl (C=O) groups is 1. The van der Waals surface area contributed by atoms with Gasteiger partial charge in [-0.2, -0.15) is 13.2 Å². The molecule has 9 heteroatoms. The van der Waals surface area contributed by atoms with E-state index in [2.05, 4.69) is 60.2 Å². The average Bonchev–Trinajstić information content (AvgIpc) is 3.14. The van der Waals surface area contributed by atoms with Crippen molar-refractivity contribution in [3.05, 3.63) is 54.1 Å². The molecule has 5 nitrogen and oxygen atoms in total. The van der Waals surface area contributed by atoms with Gasteiger partial charge in [-0.25, -0.2) is 0 Å². The molecule has 0 radical (unpaired) electrons. The number of nitrogens with zero attached hydrogens (tertiary/aromatic N) is 3. The summed E-state index contributed by atoms with van der Waals surface area (Å²) < 4.78 is 37.7. The number of anilines is 2. The van der Waals surface area contributed by atoms with E-state index < -0.39 is 5.51 Å². The first-order chi connectivity index (χ1) is 19.0. The number of rotatable bonds is 8. The van der Waals surface area contributed by atoms with Crippen LogP contribution in [0.4, 0.5) is 24.5 Å². The Hall–Kier alpha value is -2.39. The standard InChI is InChI=1S/C31H43F3N4OS/c1-30(2,3)24-9-13-27(14-10-24)37-20-6-18-36(21-22-37)17-5-8-29(39)38-19-4-7-26(23-38)35-25-11-15-28(16-12-25)40-31(32,33)34/h9-16,26,35H,4-8,17-23H2,1-3H3/t26-/m0/s1. The van der Waals surface area contributed by atoms with Crippen molar-refractivity contribution in [2.75, 3.05) is 56.0 Å². The van der Waals surface area contributed by atoms with E-state index in [1.54, 1.807) is 12.1 Å². The number of hydrogen-bond donors (Lipinski definition) is 1. The average molecular weight is 577 g/mol. The molecule has 0 saturated carbocycles.